The van der Waals surface area contributed by atoms with E-state index in [9.17, 15) is 13.2 Å². The summed E-state index contributed by atoms with van der Waals surface area (Å²) in [7, 11) is -1.90. The molecule has 0 bridgehead atoms. The average Bonchev–Trinajstić information content (AvgIpc) is 3.20. The van der Waals surface area contributed by atoms with Crippen molar-refractivity contribution in [3.05, 3.63) is 30.5 Å². The van der Waals surface area contributed by atoms with Gasteiger partial charge in [0.2, 0.25) is 10.0 Å². The molecule has 1 fully saturated rings. The van der Waals surface area contributed by atoms with Crippen molar-refractivity contribution < 1.29 is 18.3 Å². The van der Waals surface area contributed by atoms with E-state index in [-0.39, 0.29) is 17.4 Å². The van der Waals surface area contributed by atoms with E-state index in [4.69, 9.17) is 5.11 Å². The van der Waals surface area contributed by atoms with Crippen molar-refractivity contribution in [1.29, 1.82) is 0 Å². The van der Waals surface area contributed by atoms with Crippen molar-refractivity contribution in [2.75, 3.05) is 13.1 Å². The van der Waals surface area contributed by atoms with Crippen molar-refractivity contribution in [3.8, 4) is 0 Å². The lowest BCUT2D eigenvalue weighted by Gasteiger charge is -2.20. The summed E-state index contributed by atoms with van der Waals surface area (Å²) in [5.74, 6) is -0.848. The van der Waals surface area contributed by atoms with Crippen molar-refractivity contribution in [3.63, 3.8) is 0 Å². The van der Waals surface area contributed by atoms with E-state index >= 15 is 0 Å². The van der Waals surface area contributed by atoms with E-state index in [1.807, 2.05) is 23.9 Å². The largest absolute Gasteiger partial charge is 0.480 e. The number of sulfonamides is 1. The normalized spacial score (nSPS) is 15.5. The molecule has 3 rings (SSSR count). The molecule has 0 saturated heterocycles. The van der Waals surface area contributed by atoms with Crippen molar-refractivity contribution in [1.82, 2.24) is 8.87 Å². The van der Waals surface area contributed by atoms with Crippen molar-refractivity contribution in [2.45, 2.75) is 17.7 Å². The third kappa shape index (κ3) is 2.86. The number of hydrogen-bond acceptors (Lipinski definition) is 3. The summed E-state index contributed by atoms with van der Waals surface area (Å²) in [6.07, 6.45) is 3.78. The molecule has 0 radical (unpaired) electrons. The second-order valence-electron chi connectivity index (χ2n) is 5.78. The van der Waals surface area contributed by atoms with Gasteiger partial charge >= 0.3 is 5.97 Å². The monoisotopic (exact) mass is 322 g/mol. The summed E-state index contributed by atoms with van der Waals surface area (Å²) >= 11 is 0. The van der Waals surface area contributed by atoms with Gasteiger partial charge in [-0.25, -0.2) is 8.42 Å². The van der Waals surface area contributed by atoms with Crippen LogP contribution in [0.2, 0.25) is 0 Å². The van der Waals surface area contributed by atoms with Gasteiger partial charge in [0.1, 0.15) is 6.54 Å². The highest BCUT2D eigenvalue weighted by Crippen LogP contribution is 2.32. The molecular weight excluding hydrogens is 304 g/mol. The van der Waals surface area contributed by atoms with Crippen LogP contribution in [0.25, 0.3) is 10.9 Å². The molecule has 118 valence electrons. The Hall–Kier alpha value is -1.86. The molecule has 0 spiro atoms. The van der Waals surface area contributed by atoms with Gasteiger partial charge in [-0.1, -0.05) is 0 Å². The van der Waals surface area contributed by atoms with E-state index in [1.165, 1.54) is 0 Å². The first-order valence-corrected chi connectivity index (χ1v) is 8.59. The standard InChI is InChI=1S/C15H18N2O4S/c1-16-7-6-12-8-13(4-5-14(12)16)22(20,21)17(10-15(18)19)9-11-2-3-11/h4-8,11H,2-3,9-10H2,1H3,(H,18,19). The number of rotatable bonds is 6. The summed E-state index contributed by atoms with van der Waals surface area (Å²) in [6, 6.07) is 6.74. The molecule has 0 aliphatic heterocycles. The fourth-order valence-electron chi connectivity index (χ4n) is 2.56. The van der Waals surface area contributed by atoms with E-state index in [0.717, 1.165) is 28.0 Å². The van der Waals surface area contributed by atoms with Crippen LogP contribution in [0.4, 0.5) is 0 Å². The Bertz CT molecular complexity index is 821. The number of aromatic nitrogens is 1. The average molecular weight is 322 g/mol. The summed E-state index contributed by atoms with van der Waals surface area (Å²) in [5.41, 5.74) is 0.936. The van der Waals surface area contributed by atoms with Crippen molar-refractivity contribution in [2.24, 2.45) is 13.0 Å². The van der Waals surface area contributed by atoms with Crippen molar-refractivity contribution >= 4 is 26.9 Å². The second-order valence-corrected chi connectivity index (χ2v) is 7.72. The first kappa shape index (κ1) is 15.1. The molecule has 1 aromatic heterocycles. The number of hydrogen-bond donors (Lipinski definition) is 1. The lowest BCUT2D eigenvalue weighted by molar-refractivity contribution is -0.137. The molecule has 1 aromatic carbocycles. The molecule has 0 amide bonds. The highest BCUT2D eigenvalue weighted by Gasteiger charge is 2.33. The molecule has 1 aliphatic carbocycles. The van der Waals surface area contributed by atoms with E-state index in [0.29, 0.717) is 0 Å². The third-order valence-corrected chi connectivity index (χ3v) is 5.77. The zero-order valence-corrected chi connectivity index (χ0v) is 13.1. The molecule has 1 N–H and O–H groups in total. The summed E-state index contributed by atoms with van der Waals surface area (Å²) in [5, 5.41) is 9.82. The van der Waals surface area contributed by atoms with Gasteiger partial charge in [-0.15, -0.1) is 0 Å². The number of carbonyl (C=O) groups is 1. The Morgan fingerprint density at radius 1 is 1.36 bits per heavy atom. The first-order valence-electron chi connectivity index (χ1n) is 7.15. The molecule has 1 aliphatic rings. The number of aryl methyl sites for hydroxylation is 1. The predicted octanol–water partition coefficient (Wildman–Crippen LogP) is 1.66. The summed E-state index contributed by atoms with van der Waals surface area (Å²) in [4.78, 5) is 11.1. The maximum atomic E-state index is 12.7. The zero-order chi connectivity index (χ0) is 15.9. The molecule has 0 unspecified atom stereocenters. The zero-order valence-electron chi connectivity index (χ0n) is 12.3. The van der Waals surface area contributed by atoms with Crippen LogP contribution in [0, 0.1) is 5.92 Å². The van der Waals surface area contributed by atoms with E-state index in [1.54, 1.807) is 18.2 Å². The topological polar surface area (TPSA) is 79.6 Å². The minimum atomic E-state index is -3.79. The highest BCUT2D eigenvalue weighted by molar-refractivity contribution is 7.89. The fraction of sp³-hybridized carbons (Fsp3) is 0.400. The number of nitrogens with zero attached hydrogens (tertiary/aromatic N) is 2. The van der Waals surface area contributed by atoms with E-state index in [2.05, 4.69) is 0 Å². The lowest BCUT2D eigenvalue weighted by atomic mass is 10.2. The second kappa shape index (κ2) is 5.40. The lowest BCUT2D eigenvalue weighted by Crippen LogP contribution is -2.37. The molecule has 2 aromatic rings. The molecular formula is C15H18N2O4S. The van der Waals surface area contributed by atoms with Crippen LogP contribution in [0.5, 0.6) is 0 Å². The van der Waals surface area contributed by atoms with Crippen LogP contribution in [0.15, 0.2) is 35.4 Å². The molecule has 6 nitrogen and oxygen atoms in total. The van der Waals surface area contributed by atoms with Gasteiger partial charge in [-0.2, -0.15) is 4.31 Å². The van der Waals surface area contributed by atoms with Gasteiger partial charge < -0.3 is 9.67 Å². The highest BCUT2D eigenvalue weighted by atomic mass is 32.2. The van der Waals surface area contributed by atoms with Crippen LogP contribution in [0.3, 0.4) is 0 Å². The quantitative estimate of drug-likeness (QED) is 0.877. The van der Waals surface area contributed by atoms with Gasteiger partial charge in [-0.3, -0.25) is 4.79 Å². The Labute approximate surface area is 129 Å². The van der Waals surface area contributed by atoms with Gasteiger partial charge in [0.25, 0.3) is 0 Å². The maximum absolute atomic E-state index is 12.7. The SMILES string of the molecule is Cn1ccc2cc(S(=O)(=O)N(CC(=O)O)CC3CC3)ccc21. The predicted molar refractivity (Wildman–Crippen MR) is 82.0 cm³/mol. The maximum Gasteiger partial charge on any atom is 0.318 e. The number of carboxylic acid groups (broad SMARTS) is 1. The van der Waals surface area contributed by atoms with Crippen LogP contribution in [0.1, 0.15) is 12.8 Å². The van der Waals surface area contributed by atoms with Crippen LogP contribution in [-0.2, 0) is 21.9 Å². The molecule has 0 atom stereocenters. The summed E-state index contributed by atoms with van der Waals surface area (Å²) < 4.78 is 28.5. The Kier molecular flexibility index (Phi) is 3.70. The van der Waals surface area contributed by atoms with Crippen LogP contribution in [-0.4, -0.2) is 41.5 Å². The Morgan fingerprint density at radius 2 is 2.09 bits per heavy atom. The molecule has 1 saturated carbocycles. The van der Waals surface area contributed by atoms with Gasteiger partial charge in [0.05, 0.1) is 4.90 Å². The number of fused-ring (bicyclic) bond motifs is 1. The number of benzene rings is 1. The van der Waals surface area contributed by atoms with Gasteiger partial charge in [0.15, 0.2) is 0 Å². The van der Waals surface area contributed by atoms with E-state index < -0.39 is 22.5 Å². The molecule has 1 heterocycles. The van der Waals surface area contributed by atoms with Gasteiger partial charge in [0, 0.05) is 30.7 Å². The van der Waals surface area contributed by atoms with Crippen LogP contribution < -0.4 is 0 Å². The first-order chi connectivity index (χ1) is 10.4. The number of carboxylic acids is 1. The molecule has 7 heteroatoms. The number of aliphatic carboxylic acids is 1. The molecule has 22 heavy (non-hydrogen) atoms. The smallest absolute Gasteiger partial charge is 0.318 e. The Balaban J connectivity index is 1.97. The Morgan fingerprint density at radius 3 is 2.73 bits per heavy atom. The fourth-order valence-corrected chi connectivity index (χ4v) is 4.06. The summed E-state index contributed by atoms with van der Waals surface area (Å²) in [6.45, 7) is -0.215. The minimum Gasteiger partial charge on any atom is -0.480 e. The minimum absolute atomic E-state index is 0.146. The van der Waals surface area contributed by atoms with Crippen LogP contribution >= 0.6 is 0 Å². The third-order valence-electron chi connectivity index (χ3n) is 3.96. The van der Waals surface area contributed by atoms with Gasteiger partial charge in [-0.05, 0) is 43.0 Å².